The molecule has 0 aromatic carbocycles. The minimum atomic E-state index is -0.212. The second-order valence-corrected chi connectivity index (χ2v) is 8.27. The number of halogens is 1. The summed E-state index contributed by atoms with van der Waals surface area (Å²) in [6.45, 7) is 9.03. The zero-order valence-electron chi connectivity index (χ0n) is 17.1. The van der Waals surface area contributed by atoms with E-state index in [1.54, 1.807) is 6.08 Å². The molecule has 6 heteroatoms. The van der Waals surface area contributed by atoms with Gasteiger partial charge in [-0.3, -0.25) is 9.79 Å². The Bertz CT molecular complexity index is 857. The molecule has 3 rings (SSSR count). The minimum Gasteiger partial charge on any atom is -0.381 e. The van der Waals surface area contributed by atoms with Gasteiger partial charge in [0.25, 0.3) is 5.91 Å². The fourth-order valence-corrected chi connectivity index (χ4v) is 3.84. The number of fused-ring (bicyclic) bond motifs is 1. The molecule has 154 valence electrons. The fraction of sp³-hybridized carbons (Fsp3) is 0.435. The minimum absolute atomic E-state index is 0.118. The molecule has 1 amide bonds. The van der Waals surface area contributed by atoms with Crippen LogP contribution in [0.4, 0.5) is 0 Å². The molecule has 2 aliphatic heterocycles. The first-order valence-electron chi connectivity index (χ1n) is 9.97. The number of carbonyl (C=O) groups is 1. The van der Waals surface area contributed by atoms with Gasteiger partial charge < -0.3 is 10.1 Å². The highest BCUT2D eigenvalue weighted by molar-refractivity contribution is 6.44. The summed E-state index contributed by atoms with van der Waals surface area (Å²) in [5, 5.41) is 3.47. The zero-order chi connectivity index (χ0) is 20.9. The van der Waals surface area contributed by atoms with Crippen LogP contribution in [0.15, 0.2) is 68.4 Å². The van der Waals surface area contributed by atoms with Crippen LogP contribution in [-0.2, 0) is 9.53 Å². The maximum atomic E-state index is 12.9. The summed E-state index contributed by atoms with van der Waals surface area (Å²) in [6, 6.07) is 0.143. The van der Waals surface area contributed by atoms with Gasteiger partial charge in [0.1, 0.15) is 10.9 Å². The van der Waals surface area contributed by atoms with E-state index < -0.39 is 0 Å². The molecule has 1 N–H and O–H groups in total. The molecule has 0 radical (unpaired) electrons. The van der Waals surface area contributed by atoms with Crippen molar-refractivity contribution in [1.82, 2.24) is 5.32 Å². The predicted octanol–water partition coefficient (Wildman–Crippen LogP) is 4.63. The molecule has 1 aliphatic carbocycles. The molecule has 0 bridgehead atoms. The molecule has 5 nitrogen and oxygen atoms in total. The Kier molecular flexibility index (Phi) is 7.04. The van der Waals surface area contributed by atoms with Crippen LogP contribution >= 0.6 is 11.6 Å². The molecule has 1 saturated heterocycles. The standard InChI is InChI=1S/C23H28ClN3O2/c1-16(7-8-21(24)25-3)14-17-15-19(22(28)26-18-9-12-29-13-10-18)27-20-6-4-5-11-23(17,20)2/h4-8,15,18H,3,9-14H2,1-2H3,(H,26,28)/b16-7+,21-8-. The molecule has 1 unspecified atom stereocenters. The van der Waals surface area contributed by atoms with Crippen LogP contribution in [0.5, 0.6) is 0 Å². The van der Waals surface area contributed by atoms with Crippen molar-refractivity contribution in [3.8, 4) is 0 Å². The Morgan fingerprint density at radius 3 is 2.93 bits per heavy atom. The number of nitrogens with zero attached hydrogens (tertiary/aromatic N) is 2. The summed E-state index contributed by atoms with van der Waals surface area (Å²) in [4.78, 5) is 21.3. The van der Waals surface area contributed by atoms with Gasteiger partial charge in [-0.15, -0.1) is 0 Å². The van der Waals surface area contributed by atoms with Gasteiger partial charge in [0.05, 0.1) is 5.70 Å². The SMILES string of the molecule is C=N/C(Cl)=C\C=C(/C)CC1=CC(C(=O)NC2CCOCC2)=NC2=CC=CCC12C. The van der Waals surface area contributed by atoms with Crippen LogP contribution in [0.1, 0.15) is 39.5 Å². The third-order valence-corrected chi connectivity index (χ3v) is 5.90. The predicted molar refractivity (Wildman–Crippen MR) is 119 cm³/mol. The number of rotatable bonds is 6. The van der Waals surface area contributed by atoms with Gasteiger partial charge in [0.2, 0.25) is 0 Å². The van der Waals surface area contributed by atoms with Crippen LogP contribution < -0.4 is 5.32 Å². The molecule has 0 spiro atoms. The fourth-order valence-electron chi connectivity index (χ4n) is 3.78. The second-order valence-electron chi connectivity index (χ2n) is 7.88. The van der Waals surface area contributed by atoms with Gasteiger partial charge in [-0.1, -0.05) is 41.0 Å². The highest BCUT2D eigenvalue weighted by Gasteiger charge is 2.37. The molecule has 1 fully saturated rings. The number of ether oxygens (including phenoxy) is 1. The molecule has 0 aromatic rings. The van der Waals surface area contributed by atoms with Crippen molar-refractivity contribution in [1.29, 1.82) is 0 Å². The van der Waals surface area contributed by atoms with E-state index in [-0.39, 0.29) is 17.4 Å². The lowest BCUT2D eigenvalue weighted by atomic mass is 9.70. The first-order valence-corrected chi connectivity index (χ1v) is 10.4. The Hall–Kier alpha value is -2.24. The van der Waals surface area contributed by atoms with Crippen LogP contribution in [-0.4, -0.2) is 37.6 Å². The lowest BCUT2D eigenvalue weighted by Gasteiger charge is -2.37. The van der Waals surface area contributed by atoms with Crippen molar-refractivity contribution < 1.29 is 9.53 Å². The van der Waals surface area contributed by atoms with Gasteiger partial charge in [-0.25, -0.2) is 4.99 Å². The van der Waals surface area contributed by atoms with Crippen molar-refractivity contribution in [3.05, 3.63) is 58.5 Å². The largest absolute Gasteiger partial charge is 0.381 e. The molecule has 2 heterocycles. The summed E-state index contributed by atoms with van der Waals surface area (Å²) in [5.41, 5.74) is 3.49. The topological polar surface area (TPSA) is 63.0 Å². The summed E-state index contributed by atoms with van der Waals surface area (Å²) in [7, 11) is 0. The summed E-state index contributed by atoms with van der Waals surface area (Å²) < 4.78 is 5.38. The first kappa shape index (κ1) is 21.5. The number of allylic oxidation sites excluding steroid dienone is 7. The van der Waals surface area contributed by atoms with E-state index in [2.05, 4.69) is 30.0 Å². The van der Waals surface area contributed by atoms with Crippen LogP contribution in [0, 0.1) is 5.41 Å². The molecule has 29 heavy (non-hydrogen) atoms. The maximum Gasteiger partial charge on any atom is 0.270 e. The van der Waals surface area contributed by atoms with Crippen molar-refractivity contribution in [2.24, 2.45) is 15.4 Å². The zero-order valence-corrected chi connectivity index (χ0v) is 17.8. The number of nitrogens with one attached hydrogen (secondary N) is 1. The van der Waals surface area contributed by atoms with Crippen LogP contribution in [0.2, 0.25) is 0 Å². The molecular formula is C23H28ClN3O2. The maximum absolute atomic E-state index is 12.9. The molecule has 0 saturated carbocycles. The van der Waals surface area contributed by atoms with Crippen molar-refractivity contribution in [2.75, 3.05) is 13.2 Å². The van der Waals surface area contributed by atoms with Crippen LogP contribution in [0.25, 0.3) is 0 Å². The van der Waals surface area contributed by atoms with Gasteiger partial charge >= 0.3 is 0 Å². The molecular weight excluding hydrogens is 386 g/mol. The Morgan fingerprint density at radius 1 is 1.45 bits per heavy atom. The monoisotopic (exact) mass is 413 g/mol. The smallest absolute Gasteiger partial charge is 0.270 e. The Balaban J connectivity index is 1.85. The average Bonchev–Trinajstić information content (AvgIpc) is 2.72. The highest BCUT2D eigenvalue weighted by Crippen LogP contribution is 2.46. The van der Waals surface area contributed by atoms with E-state index in [9.17, 15) is 4.79 Å². The number of hydrogen-bond donors (Lipinski definition) is 1. The average molecular weight is 414 g/mol. The lowest BCUT2D eigenvalue weighted by Crippen LogP contribution is -2.43. The van der Waals surface area contributed by atoms with Gasteiger partial charge in [-0.2, -0.15) is 0 Å². The number of carbonyl (C=O) groups excluding carboxylic acids is 1. The number of dihydropyridines is 1. The lowest BCUT2D eigenvalue weighted by molar-refractivity contribution is -0.116. The molecule has 3 aliphatic rings. The summed E-state index contributed by atoms with van der Waals surface area (Å²) in [5.74, 6) is -0.118. The van der Waals surface area contributed by atoms with Crippen molar-refractivity contribution >= 4 is 29.9 Å². The van der Waals surface area contributed by atoms with E-state index in [4.69, 9.17) is 21.3 Å². The van der Waals surface area contributed by atoms with Gasteiger partial charge in [0, 0.05) is 24.7 Å². The molecule has 1 atom stereocenters. The number of aliphatic imine (C=N–C) groups is 2. The van der Waals surface area contributed by atoms with E-state index >= 15 is 0 Å². The van der Waals surface area contributed by atoms with E-state index in [1.807, 2.05) is 31.2 Å². The third kappa shape index (κ3) is 5.22. The Morgan fingerprint density at radius 2 is 2.21 bits per heavy atom. The normalized spacial score (nSPS) is 25.6. The Labute approximate surface area is 177 Å². The van der Waals surface area contributed by atoms with E-state index in [0.717, 1.165) is 37.0 Å². The second kappa shape index (κ2) is 9.51. The van der Waals surface area contributed by atoms with E-state index in [1.165, 1.54) is 5.57 Å². The van der Waals surface area contributed by atoms with Gasteiger partial charge in [-0.05, 0) is 64.5 Å². The number of amides is 1. The quantitative estimate of drug-likeness (QED) is 0.392. The third-order valence-electron chi connectivity index (χ3n) is 5.66. The molecule has 0 aromatic heterocycles. The summed E-state index contributed by atoms with van der Waals surface area (Å²) >= 11 is 5.92. The van der Waals surface area contributed by atoms with Gasteiger partial charge in [0.15, 0.2) is 0 Å². The highest BCUT2D eigenvalue weighted by atomic mass is 35.5. The van der Waals surface area contributed by atoms with Crippen LogP contribution in [0.3, 0.4) is 0 Å². The van der Waals surface area contributed by atoms with E-state index in [0.29, 0.717) is 24.1 Å². The van der Waals surface area contributed by atoms with Crippen molar-refractivity contribution in [3.63, 3.8) is 0 Å². The number of hydrogen-bond acceptors (Lipinski definition) is 4. The van der Waals surface area contributed by atoms with Crippen molar-refractivity contribution in [2.45, 2.75) is 45.6 Å². The first-order chi connectivity index (χ1) is 13.9. The summed E-state index contributed by atoms with van der Waals surface area (Å²) in [6.07, 6.45) is 15.1.